The summed E-state index contributed by atoms with van der Waals surface area (Å²) in [5, 5.41) is 12.6. The quantitative estimate of drug-likeness (QED) is 0.630. The van der Waals surface area contributed by atoms with E-state index in [9.17, 15) is 9.59 Å². The van der Waals surface area contributed by atoms with Gasteiger partial charge < -0.3 is 24.6 Å². The molecule has 8 heteroatoms. The zero-order valence-corrected chi connectivity index (χ0v) is 19.3. The van der Waals surface area contributed by atoms with Crippen LogP contribution >= 0.6 is 0 Å². The molecule has 33 heavy (non-hydrogen) atoms. The number of nitrogens with one attached hydrogen (secondary N) is 1. The van der Waals surface area contributed by atoms with Gasteiger partial charge in [-0.1, -0.05) is 13.0 Å². The molecule has 174 valence electrons. The van der Waals surface area contributed by atoms with Gasteiger partial charge in [0.2, 0.25) is 0 Å². The van der Waals surface area contributed by atoms with Crippen LogP contribution in [0.4, 0.5) is 21.9 Å². The van der Waals surface area contributed by atoms with Gasteiger partial charge in [0.1, 0.15) is 0 Å². The Kier molecular flexibility index (Phi) is 8.14. The smallest absolute Gasteiger partial charge is 0.409 e. The maximum absolute atomic E-state index is 11.9. The molecule has 0 radical (unpaired) electrons. The molecule has 1 saturated heterocycles. The van der Waals surface area contributed by atoms with Gasteiger partial charge in [0.25, 0.3) is 0 Å². The SMILES string of the molecule is CCC(CC(=O)OC)c1ccc(N2CCN(C(=O)OC)CC2)c(Nc2ccc(C#N)cc2)c1. The molecule has 1 N–H and O–H groups in total. The Morgan fingerprint density at radius 3 is 2.33 bits per heavy atom. The fourth-order valence-electron chi connectivity index (χ4n) is 4.01. The van der Waals surface area contributed by atoms with Crippen molar-refractivity contribution in [2.75, 3.05) is 50.6 Å². The number of esters is 1. The number of carbonyl (C=O) groups is 2. The van der Waals surface area contributed by atoms with Gasteiger partial charge in [-0.3, -0.25) is 4.79 Å². The van der Waals surface area contributed by atoms with E-state index in [0.717, 1.165) is 29.0 Å². The summed E-state index contributed by atoms with van der Waals surface area (Å²) < 4.78 is 9.72. The Bertz CT molecular complexity index is 1010. The van der Waals surface area contributed by atoms with Gasteiger partial charge in [0.05, 0.1) is 43.6 Å². The molecule has 0 bridgehead atoms. The molecule has 1 atom stereocenters. The Balaban J connectivity index is 1.90. The minimum absolute atomic E-state index is 0.0455. The first kappa shape index (κ1) is 23.9. The number of methoxy groups -OCH3 is 2. The van der Waals surface area contributed by atoms with Gasteiger partial charge in [-0.05, 0) is 54.3 Å². The standard InChI is InChI=1S/C25H30N4O4/c1-4-19(16-24(30)32-2)20-7-10-23(28-11-13-29(14-12-28)25(31)33-3)22(15-20)27-21-8-5-18(17-26)6-9-21/h5-10,15,19,27H,4,11-14,16H2,1-3H3. The molecule has 1 aliphatic rings. The number of piperazine rings is 1. The first-order valence-electron chi connectivity index (χ1n) is 11.0. The van der Waals surface area contributed by atoms with Crippen LogP contribution in [0, 0.1) is 11.3 Å². The molecule has 2 aromatic rings. The van der Waals surface area contributed by atoms with Crippen LogP contribution in [-0.2, 0) is 14.3 Å². The van der Waals surface area contributed by atoms with Gasteiger partial charge in [0.15, 0.2) is 0 Å². The summed E-state index contributed by atoms with van der Waals surface area (Å²) in [6.45, 7) is 4.56. The Morgan fingerprint density at radius 1 is 1.06 bits per heavy atom. The van der Waals surface area contributed by atoms with Gasteiger partial charge >= 0.3 is 12.1 Å². The number of benzene rings is 2. The van der Waals surface area contributed by atoms with Crippen molar-refractivity contribution in [1.29, 1.82) is 5.26 Å². The van der Waals surface area contributed by atoms with E-state index in [1.54, 1.807) is 17.0 Å². The molecule has 1 heterocycles. The molecule has 0 saturated carbocycles. The lowest BCUT2D eigenvalue weighted by Crippen LogP contribution is -2.48. The molecule has 0 spiro atoms. The zero-order valence-electron chi connectivity index (χ0n) is 19.3. The summed E-state index contributed by atoms with van der Waals surface area (Å²) in [4.78, 5) is 27.7. The first-order valence-corrected chi connectivity index (χ1v) is 11.0. The van der Waals surface area contributed by atoms with E-state index in [0.29, 0.717) is 38.2 Å². The third-order valence-electron chi connectivity index (χ3n) is 5.97. The number of nitrogens with zero attached hydrogens (tertiary/aromatic N) is 3. The Labute approximate surface area is 194 Å². The van der Waals surface area contributed by atoms with Crippen LogP contribution in [0.3, 0.4) is 0 Å². The molecule has 2 aromatic carbocycles. The number of carbonyl (C=O) groups excluding carboxylic acids is 2. The Morgan fingerprint density at radius 2 is 1.76 bits per heavy atom. The molecular formula is C25H30N4O4. The maximum atomic E-state index is 11.9. The van der Waals surface area contributed by atoms with Gasteiger partial charge in [-0.25, -0.2) is 4.79 Å². The number of hydrogen-bond donors (Lipinski definition) is 1. The maximum Gasteiger partial charge on any atom is 0.409 e. The molecule has 1 aliphatic heterocycles. The summed E-state index contributed by atoms with van der Waals surface area (Å²) in [6, 6.07) is 15.6. The summed E-state index contributed by atoms with van der Waals surface area (Å²) >= 11 is 0. The third-order valence-corrected chi connectivity index (χ3v) is 5.97. The summed E-state index contributed by atoms with van der Waals surface area (Å²) in [5.41, 5.74) is 4.43. The van der Waals surface area contributed by atoms with E-state index in [1.807, 2.05) is 12.1 Å². The van der Waals surface area contributed by atoms with E-state index >= 15 is 0 Å². The lowest BCUT2D eigenvalue weighted by molar-refractivity contribution is -0.141. The van der Waals surface area contributed by atoms with Gasteiger partial charge in [-0.15, -0.1) is 0 Å². The fourth-order valence-corrected chi connectivity index (χ4v) is 4.01. The molecule has 0 aromatic heterocycles. The number of hydrogen-bond acceptors (Lipinski definition) is 7. The van der Waals surface area contributed by atoms with Gasteiger partial charge in [-0.2, -0.15) is 5.26 Å². The van der Waals surface area contributed by atoms with Crippen LogP contribution in [-0.4, -0.2) is 57.4 Å². The Hall–Kier alpha value is -3.73. The number of anilines is 3. The van der Waals surface area contributed by atoms with E-state index in [-0.39, 0.29) is 18.0 Å². The van der Waals surface area contributed by atoms with E-state index in [2.05, 4.69) is 41.4 Å². The van der Waals surface area contributed by atoms with E-state index < -0.39 is 0 Å². The van der Waals surface area contributed by atoms with Crippen molar-refractivity contribution in [2.45, 2.75) is 25.7 Å². The number of rotatable bonds is 7. The average molecular weight is 451 g/mol. The van der Waals surface area contributed by atoms with E-state index in [4.69, 9.17) is 14.7 Å². The van der Waals surface area contributed by atoms with Crippen molar-refractivity contribution in [2.24, 2.45) is 0 Å². The molecule has 0 aliphatic carbocycles. The van der Waals surface area contributed by atoms with Crippen LogP contribution in [0.2, 0.25) is 0 Å². The minimum atomic E-state index is -0.311. The van der Waals surface area contributed by atoms with E-state index in [1.165, 1.54) is 14.2 Å². The molecule has 1 unspecified atom stereocenters. The monoisotopic (exact) mass is 450 g/mol. The highest BCUT2D eigenvalue weighted by Gasteiger charge is 2.24. The highest BCUT2D eigenvalue weighted by Crippen LogP contribution is 2.35. The number of nitriles is 1. The predicted molar refractivity (Wildman–Crippen MR) is 127 cm³/mol. The molecule has 1 amide bonds. The highest BCUT2D eigenvalue weighted by atomic mass is 16.5. The summed E-state index contributed by atoms with van der Waals surface area (Å²) in [5.74, 6) is -0.185. The molecule has 3 rings (SSSR count). The van der Waals surface area contributed by atoms with Crippen molar-refractivity contribution >= 4 is 29.1 Å². The second kappa shape index (κ2) is 11.2. The van der Waals surface area contributed by atoms with Crippen molar-refractivity contribution in [1.82, 2.24) is 4.90 Å². The largest absolute Gasteiger partial charge is 0.469 e. The van der Waals surface area contributed by atoms with Crippen LogP contribution < -0.4 is 10.2 Å². The second-order valence-electron chi connectivity index (χ2n) is 7.92. The second-order valence-corrected chi connectivity index (χ2v) is 7.92. The first-order chi connectivity index (χ1) is 16.0. The van der Waals surface area contributed by atoms with Crippen molar-refractivity contribution < 1.29 is 19.1 Å². The minimum Gasteiger partial charge on any atom is -0.469 e. The van der Waals surface area contributed by atoms with Gasteiger partial charge in [0, 0.05) is 31.9 Å². The van der Waals surface area contributed by atoms with Crippen molar-refractivity contribution in [3.63, 3.8) is 0 Å². The average Bonchev–Trinajstić information content (AvgIpc) is 2.87. The zero-order chi connectivity index (χ0) is 23.8. The number of amides is 1. The lowest BCUT2D eigenvalue weighted by atomic mass is 9.92. The highest BCUT2D eigenvalue weighted by molar-refractivity contribution is 5.77. The van der Waals surface area contributed by atoms with Crippen molar-refractivity contribution in [3.8, 4) is 6.07 Å². The summed E-state index contributed by atoms with van der Waals surface area (Å²) in [7, 11) is 2.80. The molecule has 8 nitrogen and oxygen atoms in total. The topological polar surface area (TPSA) is 94.9 Å². The fraction of sp³-hybridized carbons (Fsp3) is 0.400. The third kappa shape index (κ3) is 5.95. The van der Waals surface area contributed by atoms with Crippen LogP contribution in [0.1, 0.15) is 36.8 Å². The lowest BCUT2D eigenvalue weighted by Gasteiger charge is -2.36. The summed E-state index contributed by atoms with van der Waals surface area (Å²) in [6.07, 6.45) is 0.817. The predicted octanol–water partition coefficient (Wildman–Crippen LogP) is 4.25. The van der Waals surface area contributed by atoms with Crippen LogP contribution in [0.15, 0.2) is 42.5 Å². The molecular weight excluding hydrogens is 420 g/mol. The van der Waals surface area contributed by atoms with Crippen molar-refractivity contribution in [3.05, 3.63) is 53.6 Å². The number of ether oxygens (including phenoxy) is 2. The molecule has 1 fully saturated rings. The van der Waals surface area contributed by atoms with Crippen LogP contribution in [0.25, 0.3) is 0 Å². The normalized spacial score (nSPS) is 14.2. The van der Waals surface area contributed by atoms with Crippen LogP contribution in [0.5, 0.6) is 0 Å².